The third-order valence-corrected chi connectivity index (χ3v) is 4.45. The van der Waals surface area contributed by atoms with Crippen molar-refractivity contribution in [2.24, 2.45) is 0 Å². The van der Waals surface area contributed by atoms with Gasteiger partial charge in [-0.1, -0.05) is 29.8 Å². The number of hydrogen-bond donors (Lipinski definition) is 0. The van der Waals surface area contributed by atoms with Crippen molar-refractivity contribution in [3.8, 4) is 0 Å². The van der Waals surface area contributed by atoms with Gasteiger partial charge in [0.05, 0.1) is 10.7 Å². The highest BCUT2D eigenvalue weighted by Gasteiger charge is 2.35. The van der Waals surface area contributed by atoms with E-state index in [-0.39, 0.29) is 17.4 Å². The Hall–Kier alpha value is -2.40. The summed E-state index contributed by atoms with van der Waals surface area (Å²) in [5, 5.41) is 0.489. The molecule has 1 atom stereocenters. The van der Waals surface area contributed by atoms with E-state index in [9.17, 15) is 14.0 Å². The molecule has 4 nitrogen and oxygen atoms in total. The van der Waals surface area contributed by atoms with Gasteiger partial charge >= 0.3 is 0 Å². The van der Waals surface area contributed by atoms with Gasteiger partial charge < -0.3 is 9.80 Å². The summed E-state index contributed by atoms with van der Waals surface area (Å²) in [5.41, 5.74) is 0.870. The third kappa shape index (κ3) is 2.99. The minimum atomic E-state index is -0.647. The quantitative estimate of drug-likeness (QED) is 0.836. The summed E-state index contributed by atoms with van der Waals surface area (Å²) in [6, 6.07) is 11.9. The van der Waals surface area contributed by atoms with Crippen LogP contribution in [-0.2, 0) is 4.79 Å². The summed E-state index contributed by atoms with van der Waals surface area (Å²) in [5.74, 6) is -1.04. The van der Waals surface area contributed by atoms with Gasteiger partial charge in [0.1, 0.15) is 11.9 Å². The smallest absolute Gasteiger partial charge is 0.254 e. The van der Waals surface area contributed by atoms with E-state index in [1.165, 1.54) is 23.1 Å². The zero-order valence-electron chi connectivity index (χ0n) is 13.1. The van der Waals surface area contributed by atoms with Crippen LogP contribution in [0.1, 0.15) is 17.3 Å². The number of rotatable bonds is 2. The van der Waals surface area contributed by atoms with Crippen molar-refractivity contribution in [2.45, 2.75) is 13.0 Å². The molecule has 1 fully saturated rings. The molecule has 124 valence electrons. The number of halogens is 2. The SMILES string of the molecule is C[C@H]1C(=O)N(c2ccccc2Cl)CCN1C(=O)c1cccc(F)c1. The van der Waals surface area contributed by atoms with Crippen LogP contribution in [0.2, 0.25) is 5.02 Å². The minimum Gasteiger partial charge on any atom is -0.325 e. The number of carbonyl (C=O) groups is 2. The van der Waals surface area contributed by atoms with Crippen LogP contribution in [-0.4, -0.2) is 35.8 Å². The van der Waals surface area contributed by atoms with Gasteiger partial charge in [0.25, 0.3) is 5.91 Å². The molecular formula is C18H16ClFN2O2. The summed E-state index contributed by atoms with van der Waals surface area (Å²) in [6.45, 7) is 2.37. The van der Waals surface area contributed by atoms with Gasteiger partial charge in [-0.2, -0.15) is 0 Å². The molecule has 1 saturated heterocycles. The van der Waals surface area contributed by atoms with Crippen LogP contribution in [0.5, 0.6) is 0 Å². The van der Waals surface area contributed by atoms with Crippen molar-refractivity contribution >= 4 is 29.1 Å². The topological polar surface area (TPSA) is 40.6 Å². The van der Waals surface area contributed by atoms with E-state index in [4.69, 9.17) is 11.6 Å². The molecule has 0 aliphatic carbocycles. The summed E-state index contributed by atoms with van der Waals surface area (Å²) in [7, 11) is 0. The molecule has 2 amide bonds. The number of para-hydroxylation sites is 1. The average Bonchev–Trinajstić information content (AvgIpc) is 2.57. The molecule has 1 aliphatic heterocycles. The second-order valence-electron chi connectivity index (χ2n) is 5.63. The Bertz CT molecular complexity index is 796. The Morgan fingerprint density at radius 1 is 1.17 bits per heavy atom. The van der Waals surface area contributed by atoms with E-state index in [0.717, 1.165) is 0 Å². The molecule has 2 aromatic rings. The fourth-order valence-electron chi connectivity index (χ4n) is 2.84. The molecule has 0 bridgehead atoms. The first kappa shape index (κ1) is 16.5. The number of amides is 2. The second kappa shape index (κ2) is 6.61. The zero-order valence-corrected chi connectivity index (χ0v) is 13.8. The number of piperazine rings is 1. The average molecular weight is 347 g/mol. The highest BCUT2D eigenvalue weighted by molar-refractivity contribution is 6.33. The van der Waals surface area contributed by atoms with Crippen LogP contribution in [0, 0.1) is 5.82 Å². The van der Waals surface area contributed by atoms with Crippen molar-refractivity contribution in [3.05, 3.63) is 64.9 Å². The van der Waals surface area contributed by atoms with E-state index in [1.54, 1.807) is 36.1 Å². The minimum absolute atomic E-state index is 0.209. The predicted molar refractivity (Wildman–Crippen MR) is 90.7 cm³/mol. The van der Waals surface area contributed by atoms with Crippen molar-refractivity contribution in [2.75, 3.05) is 18.0 Å². The lowest BCUT2D eigenvalue weighted by Crippen LogP contribution is -2.57. The van der Waals surface area contributed by atoms with E-state index < -0.39 is 11.9 Å². The predicted octanol–water partition coefficient (Wildman–Crippen LogP) is 3.36. The largest absolute Gasteiger partial charge is 0.325 e. The Kier molecular flexibility index (Phi) is 4.53. The molecule has 2 aromatic carbocycles. The Balaban J connectivity index is 1.83. The van der Waals surface area contributed by atoms with Gasteiger partial charge in [-0.15, -0.1) is 0 Å². The molecule has 1 aliphatic rings. The Labute approximate surface area is 144 Å². The number of anilines is 1. The normalized spacial score (nSPS) is 18.0. The summed E-state index contributed by atoms with van der Waals surface area (Å²) < 4.78 is 13.3. The maximum Gasteiger partial charge on any atom is 0.254 e. The van der Waals surface area contributed by atoms with Crippen molar-refractivity contribution in [1.29, 1.82) is 0 Å². The summed E-state index contributed by atoms with van der Waals surface area (Å²) in [6.07, 6.45) is 0. The number of nitrogens with zero attached hydrogens (tertiary/aromatic N) is 2. The lowest BCUT2D eigenvalue weighted by atomic mass is 10.1. The van der Waals surface area contributed by atoms with E-state index >= 15 is 0 Å². The van der Waals surface area contributed by atoms with E-state index in [2.05, 4.69) is 0 Å². The van der Waals surface area contributed by atoms with E-state index in [1.807, 2.05) is 6.07 Å². The molecule has 0 N–H and O–H groups in total. The first-order valence-corrected chi connectivity index (χ1v) is 7.99. The zero-order chi connectivity index (χ0) is 17.3. The van der Waals surface area contributed by atoms with Crippen LogP contribution >= 0.6 is 11.6 Å². The molecule has 0 radical (unpaired) electrons. The molecule has 1 heterocycles. The third-order valence-electron chi connectivity index (χ3n) is 4.13. The first-order valence-electron chi connectivity index (χ1n) is 7.61. The maximum atomic E-state index is 13.3. The van der Waals surface area contributed by atoms with Crippen molar-refractivity contribution in [1.82, 2.24) is 4.90 Å². The fourth-order valence-corrected chi connectivity index (χ4v) is 3.08. The Morgan fingerprint density at radius 2 is 1.92 bits per heavy atom. The molecule has 24 heavy (non-hydrogen) atoms. The Morgan fingerprint density at radius 3 is 2.62 bits per heavy atom. The molecular weight excluding hydrogens is 331 g/mol. The van der Waals surface area contributed by atoms with Gasteiger partial charge in [0, 0.05) is 18.7 Å². The summed E-state index contributed by atoms with van der Waals surface area (Å²) >= 11 is 6.17. The molecule has 0 saturated carbocycles. The van der Waals surface area contributed by atoms with Crippen LogP contribution in [0.3, 0.4) is 0 Å². The molecule has 0 spiro atoms. The van der Waals surface area contributed by atoms with Crippen LogP contribution < -0.4 is 4.90 Å². The lowest BCUT2D eigenvalue weighted by molar-refractivity contribution is -0.124. The highest BCUT2D eigenvalue weighted by atomic mass is 35.5. The maximum absolute atomic E-state index is 13.3. The standard InChI is InChI=1S/C18H16ClFN2O2/c1-12-17(23)22(16-8-3-2-7-15(16)19)10-9-21(12)18(24)13-5-4-6-14(20)11-13/h2-8,11-12H,9-10H2,1H3/t12-/m0/s1. The van der Waals surface area contributed by atoms with Gasteiger partial charge in [-0.25, -0.2) is 4.39 Å². The van der Waals surface area contributed by atoms with Gasteiger partial charge in [0.15, 0.2) is 0 Å². The van der Waals surface area contributed by atoms with E-state index in [0.29, 0.717) is 23.8 Å². The molecule has 6 heteroatoms. The van der Waals surface area contributed by atoms with Crippen molar-refractivity contribution in [3.63, 3.8) is 0 Å². The monoisotopic (exact) mass is 346 g/mol. The molecule has 0 aromatic heterocycles. The van der Waals surface area contributed by atoms with Gasteiger partial charge in [-0.05, 0) is 37.3 Å². The summed E-state index contributed by atoms with van der Waals surface area (Å²) in [4.78, 5) is 28.3. The lowest BCUT2D eigenvalue weighted by Gasteiger charge is -2.39. The number of benzene rings is 2. The van der Waals surface area contributed by atoms with Gasteiger partial charge in [0.2, 0.25) is 5.91 Å². The highest BCUT2D eigenvalue weighted by Crippen LogP contribution is 2.28. The van der Waals surface area contributed by atoms with Gasteiger partial charge in [-0.3, -0.25) is 9.59 Å². The first-order chi connectivity index (χ1) is 11.5. The van der Waals surface area contributed by atoms with Crippen molar-refractivity contribution < 1.29 is 14.0 Å². The fraction of sp³-hybridized carbons (Fsp3) is 0.222. The number of carbonyl (C=O) groups excluding carboxylic acids is 2. The molecule has 0 unspecified atom stereocenters. The van der Waals surface area contributed by atoms with Crippen LogP contribution in [0.4, 0.5) is 10.1 Å². The van der Waals surface area contributed by atoms with Crippen LogP contribution in [0.25, 0.3) is 0 Å². The molecule has 3 rings (SSSR count). The number of hydrogen-bond acceptors (Lipinski definition) is 2. The van der Waals surface area contributed by atoms with Crippen LogP contribution in [0.15, 0.2) is 48.5 Å². The second-order valence-corrected chi connectivity index (χ2v) is 6.03.